The van der Waals surface area contributed by atoms with Crippen LogP contribution in [0.3, 0.4) is 0 Å². The van der Waals surface area contributed by atoms with E-state index in [1.54, 1.807) is 0 Å². The third-order valence-corrected chi connectivity index (χ3v) is 3.34. The van der Waals surface area contributed by atoms with Gasteiger partial charge in [0.05, 0.1) is 5.54 Å². The number of hydrogen-bond donors (Lipinski definition) is 2. The monoisotopic (exact) mass is 231 g/mol. The summed E-state index contributed by atoms with van der Waals surface area (Å²) in [6.45, 7) is 6.26. The molecule has 0 spiro atoms. The van der Waals surface area contributed by atoms with E-state index < -0.39 is 0 Å². The van der Waals surface area contributed by atoms with E-state index in [9.17, 15) is 0 Å². The first kappa shape index (κ1) is 10.5. The molecule has 5 heteroatoms. The van der Waals surface area contributed by atoms with Crippen LogP contribution in [0.5, 0.6) is 0 Å². The first-order valence-corrected chi connectivity index (χ1v) is 5.97. The number of aryl methyl sites for hydroxylation is 1. The van der Waals surface area contributed by atoms with Gasteiger partial charge in [-0.05, 0) is 38.4 Å². The summed E-state index contributed by atoms with van der Waals surface area (Å²) in [7, 11) is 0. The lowest BCUT2D eigenvalue weighted by Crippen LogP contribution is -2.37. The number of pyridine rings is 1. The first-order chi connectivity index (χ1) is 8.16. The second kappa shape index (κ2) is 3.70. The molecule has 1 unspecified atom stereocenters. The van der Waals surface area contributed by atoms with Gasteiger partial charge in [0.25, 0.3) is 0 Å². The summed E-state index contributed by atoms with van der Waals surface area (Å²) in [5.41, 5.74) is 2.13. The van der Waals surface area contributed by atoms with Crippen LogP contribution in [0.25, 0.3) is 5.65 Å². The maximum Gasteiger partial charge on any atom is 0.243 e. The van der Waals surface area contributed by atoms with Crippen molar-refractivity contribution in [3.8, 4) is 0 Å². The predicted molar refractivity (Wildman–Crippen MR) is 67.2 cm³/mol. The van der Waals surface area contributed by atoms with Crippen LogP contribution in [-0.4, -0.2) is 33.2 Å². The third kappa shape index (κ3) is 1.86. The Labute approximate surface area is 100 Å². The van der Waals surface area contributed by atoms with Crippen LogP contribution in [0.15, 0.2) is 18.3 Å². The highest BCUT2D eigenvalue weighted by molar-refractivity contribution is 5.50. The highest BCUT2D eigenvalue weighted by atomic mass is 15.4. The molecule has 1 aliphatic heterocycles. The van der Waals surface area contributed by atoms with Crippen molar-refractivity contribution in [3.63, 3.8) is 0 Å². The summed E-state index contributed by atoms with van der Waals surface area (Å²) < 4.78 is 1.82. The zero-order valence-electron chi connectivity index (χ0n) is 10.2. The van der Waals surface area contributed by atoms with Crippen molar-refractivity contribution >= 4 is 11.6 Å². The molecule has 5 nitrogen and oxygen atoms in total. The topological polar surface area (TPSA) is 54.2 Å². The van der Waals surface area contributed by atoms with Crippen LogP contribution in [0.2, 0.25) is 0 Å². The van der Waals surface area contributed by atoms with Gasteiger partial charge in [0.15, 0.2) is 5.65 Å². The zero-order chi connectivity index (χ0) is 11.9. The Morgan fingerprint density at radius 2 is 2.41 bits per heavy atom. The first-order valence-electron chi connectivity index (χ1n) is 5.97. The van der Waals surface area contributed by atoms with Gasteiger partial charge in [0, 0.05) is 12.7 Å². The summed E-state index contributed by atoms with van der Waals surface area (Å²) in [6, 6.07) is 4.03. The van der Waals surface area contributed by atoms with E-state index in [0.29, 0.717) is 5.95 Å². The minimum atomic E-state index is 0.0683. The highest BCUT2D eigenvalue weighted by Crippen LogP contribution is 2.19. The molecule has 0 radical (unpaired) electrons. The standard InChI is InChI=1S/C12H17N5/c1-9-4-3-7-17-10(9)14-11(16-17)15-12(2)5-6-13-8-12/h3-4,7,13H,5-6,8H2,1-2H3,(H,15,16). The fourth-order valence-corrected chi connectivity index (χ4v) is 2.29. The van der Waals surface area contributed by atoms with Gasteiger partial charge in [-0.1, -0.05) is 6.07 Å². The van der Waals surface area contributed by atoms with Gasteiger partial charge >= 0.3 is 0 Å². The molecule has 2 aromatic rings. The van der Waals surface area contributed by atoms with E-state index >= 15 is 0 Å². The lowest BCUT2D eigenvalue weighted by Gasteiger charge is -2.23. The smallest absolute Gasteiger partial charge is 0.243 e. The minimum absolute atomic E-state index is 0.0683. The SMILES string of the molecule is Cc1cccn2nc(NC3(C)CCNC3)nc12. The van der Waals surface area contributed by atoms with Crippen LogP contribution >= 0.6 is 0 Å². The molecule has 90 valence electrons. The summed E-state index contributed by atoms with van der Waals surface area (Å²) in [5, 5.41) is 11.2. The average Bonchev–Trinajstić information content (AvgIpc) is 2.86. The van der Waals surface area contributed by atoms with Crippen LogP contribution in [0.1, 0.15) is 18.9 Å². The molecule has 1 aliphatic rings. The number of anilines is 1. The normalized spacial score (nSPS) is 24.4. The van der Waals surface area contributed by atoms with E-state index in [1.165, 1.54) is 0 Å². The molecule has 0 bridgehead atoms. The van der Waals surface area contributed by atoms with Crippen molar-refractivity contribution in [3.05, 3.63) is 23.9 Å². The second-order valence-electron chi connectivity index (χ2n) is 5.01. The van der Waals surface area contributed by atoms with E-state index in [0.717, 1.165) is 30.7 Å². The fraction of sp³-hybridized carbons (Fsp3) is 0.500. The van der Waals surface area contributed by atoms with E-state index in [4.69, 9.17) is 0 Å². The average molecular weight is 231 g/mol. The van der Waals surface area contributed by atoms with E-state index in [1.807, 2.05) is 29.8 Å². The minimum Gasteiger partial charge on any atom is -0.346 e. The molecule has 0 amide bonds. The Bertz CT molecular complexity index is 539. The van der Waals surface area contributed by atoms with Crippen LogP contribution in [0, 0.1) is 6.92 Å². The number of fused-ring (bicyclic) bond motifs is 1. The largest absolute Gasteiger partial charge is 0.346 e. The van der Waals surface area contributed by atoms with Gasteiger partial charge in [0.2, 0.25) is 5.95 Å². The predicted octanol–water partition coefficient (Wildman–Crippen LogP) is 1.20. The molecule has 0 aliphatic carbocycles. The van der Waals surface area contributed by atoms with Crippen molar-refractivity contribution in [1.82, 2.24) is 19.9 Å². The fourth-order valence-electron chi connectivity index (χ4n) is 2.29. The van der Waals surface area contributed by atoms with E-state index in [-0.39, 0.29) is 5.54 Å². The molecule has 1 saturated heterocycles. The van der Waals surface area contributed by atoms with Gasteiger partial charge in [-0.2, -0.15) is 4.98 Å². The maximum absolute atomic E-state index is 4.53. The summed E-state index contributed by atoms with van der Waals surface area (Å²) in [4.78, 5) is 4.53. The van der Waals surface area contributed by atoms with Crippen molar-refractivity contribution in [2.24, 2.45) is 0 Å². The van der Waals surface area contributed by atoms with Crippen LogP contribution in [0.4, 0.5) is 5.95 Å². The third-order valence-electron chi connectivity index (χ3n) is 3.34. The Morgan fingerprint density at radius 3 is 3.12 bits per heavy atom. The highest BCUT2D eigenvalue weighted by Gasteiger charge is 2.29. The summed E-state index contributed by atoms with van der Waals surface area (Å²) in [6.07, 6.45) is 3.03. The quantitative estimate of drug-likeness (QED) is 0.815. The van der Waals surface area contributed by atoms with Gasteiger partial charge < -0.3 is 10.6 Å². The molecule has 0 saturated carbocycles. The summed E-state index contributed by atoms with van der Waals surface area (Å²) in [5.74, 6) is 0.713. The molecular formula is C12H17N5. The van der Waals surface area contributed by atoms with Crippen LogP contribution < -0.4 is 10.6 Å². The molecule has 2 aromatic heterocycles. The molecule has 3 heterocycles. The molecule has 3 rings (SSSR count). The van der Waals surface area contributed by atoms with Crippen molar-refractivity contribution in [2.45, 2.75) is 25.8 Å². The van der Waals surface area contributed by atoms with E-state index in [2.05, 4.69) is 27.6 Å². The Balaban J connectivity index is 1.93. The van der Waals surface area contributed by atoms with Crippen molar-refractivity contribution < 1.29 is 0 Å². The lowest BCUT2D eigenvalue weighted by atomic mass is 10.0. The zero-order valence-corrected chi connectivity index (χ0v) is 10.2. The number of aromatic nitrogens is 3. The second-order valence-corrected chi connectivity index (χ2v) is 5.01. The number of hydrogen-bond acceptors (Lipinski definition) is 4. The number of nitrogens with zero attached hydrogens (tertiary/aromatic N) is 3. The van der Waals surface area contributed by atoms with Gasteiger partial charge in [-0.15, -0.1) is 5.10 Å². The lowest BCUT2D eigenvalue weighted by molar-refractivity contribution is 0.561. The molecule has 1 atom stereocenters. The van der Waals surface area contributed by atoms with Gasteiger partial charge in [-0.3, -0.25) is 0 Å². The van der Waals surface area contributed by atoms with Crippen molar-refractivity contribution in [1.29, 1.82) is 0 Å². The maximum atomic E-state index is 4.53. The van der Waals surface area contributed by atoms with Gasteiger partial charge in [0.1, 0.15) is 0 Å². The van der Waals surface area contributed by atoms with Gasteiger partial charge in [-0.25, -0.2) is 4.52 Å². The van der Waals surface area contributed by atoms with Crippen molar-refractivity contribution in [2.75, 3.05) is 18.4 Å². The summed E-state index contributed by atoms with van der Waals surface area (Å²) >= 11 is 0. The molecule has 1 fully saturated rings. The molecule has 2 N–H and O–H groups in total. The molecule has 0 aromatic carbocycles. The number of rotatable bonds is 2. The Morgan fingerprint density at radius 1 is 1.53 bits per heavy atom. The Hall–Kier alpha value is -1.62. The molecule has 17 heavy (non-hydrogen) atoms. The molecular weight excluding hydrogens is 214 g/mol. The Kier molecular flexibility index (Phi) is 2.29. The number of nitrogens with one attached hydrogen (secondary N) is 2. The van der Waals surface area contributed by atoms with Crippen LogP contribution in [-0.2, 0) is 0 Å².